The Kier molecular flexibility index (Phi) is 2.75. The summed E-state index contributed by atoms with van der Waals surface area (Å²) >= 11 is 0. The number of hydrogen-bond donors (Lipinski definition) is 1. The number of fused-ring (bicyclic) bond motifs is 1. The molecule has 3 aromatic rings. The zero-order chi connectivity index (χ0) is 14.3. The number of hydrogen-bond acceptors (Lipinski definition) is 3. The van der Waals surface area contributed by atoms with Crippen LogP contribution in [0.3, 0.4) is 0 Å². The van der Waals surface area contributed by atoms with E-state index in [0.29, 0.717) is 0 Å². The molecule has 100 valence electrons. The highest BCUT2D eigenvalue weighted by Gasteiger charge is 2.07. The van der Waals surface area contributed by atoms with Crippen molar-refractivity contribution >= 4 is 10.9 Å². The molecule has 0 saturated carbocycles. The van der Waals surface area contributed by atoms with E-state index in [4.69, 9.17) is 0 Å². The molecule has 0 unspecified atom stereocenters. The van der Waals surface area contributed by atoms with Crippen LogP contribution < -0.4 is 11.1 Å². The van der Waals surface area contributed by atoms with E-state index in [0.717, 1.165) is 27.7 Å². The molecule has 5 heteroatoms. The van der Waals surface area contributed by atoms with Gasteiger partial charge in [-0.25, -0.2) is 5.10 Å². The summed E-state index contributed by atoms with van der Waals surface area (Å²) in [7, 11) is 1.74. The smallest absolute Gasteiger partial charge is 0.264 e. The Hall–Kier alpha value is -2.69. The van der Waals surface area contributed by atoms with Gasteiger partial charge in [0, 0.05) is 24.7 Å². The third-order valence-corrected chi connectivity index (χ3v) is 3.40. The van der Waals surface area contributed by atoms with Gasteiger partial charge in [0.2, 0.25) is 0 Å². The van der Waals surface area contributed by atoms with E-state index in [1.165, 1.54) is 6.07 Å². The van der Waals surface area contributed by atoms with Crippen LogP contribution in [0.4, 0.5) is 0 Å². The van der Waals surface area contributed by atoms with Gasteiger partial charge in [0.15, 0.2) is 0 Å². The molecule has 1 aromatic carbocycles. The van der Waals surface area contributed by atoms with Gasteiger partial charge in [0.05, 0.1) is 11.2 Å². The number of nitrogens with one attached hydrogen (secondary N) is 1. The zero-order valence-corrected chi connectivity index (χ0v) is 11.2. The average molecular weight is 267 g/mol. The minimum absolute atomic E-state index is 0.0383. The van der Waals surface area contributed by atoms with Crippen molar-refractivity contribution in [2.75, 3.05) is 0 Å². The molecule has 1 N–H and O–H groups in total. The minimum atomic E-state index is -0.213. The van der Waals surface area contributed by atoms with Gasteiger partial charge in [0.25, 0.3) is 11.1 Å². The van der Waals surface area contributed by atoms with Gasteiger partial charge < -0.3 is 4.57 Å². The van der Waals surface area contributed by atoms with Gasteiger partial charge in [0.1, 0.15) is 0 Å². The Morgan fingerprint density at radius 1 is 1.10 bits per heavy atom. The van der Waals surface area contributed by atoms with Gasteiger partial charge in [-0.15, -0.1) is 0 Å². The highest BCUT2D eigenvalue weighted by Crippen LogP contribution is 2.23. The molecule has 0 fully saturated rings. The average Bonchev–Trinajstić information content (AvgIpc) is 2.43. The summed E-state index contributed by atoms with van der Waals surface area (Å²) in [6.07, 6.45) is 0. The maximum absolute atomic E-state index is 11.6. The fourth-order valence-electron chi connectivity index (χ4n) is 2.32. The van der Waals surface area contributed by atoms with Gasteiger partial charge in [-0.3, -0.25) is 9.59 Å². The Morgan fingerprint density at radius 3 is 2.65 bits per heavy atom. The molecule has 0 radical (unpaired) electrons. The summed E-state index contributed by atoms with van der Waals surface area (Å²) in [5.74, 6) is 0. The maximum atomic E-state index is 11.6. The van der Waals surface area contributed by atoms with Crippen LogP contribution >= 0.6 is 0 Å². The van der Waals surface area contributed by atoms with Crippen molar-refractivity contribution in [1.29, 1.82) is 0 Å². The lowest BCUT2D eigenvalue weighted by Crippen LogP contribution is -2.15. The SMILES string of the molecule is Cc1cc(=O)[nH]nc1-c1ccc2c(ccc(=O)n2C)c1. The normalized spacial score (nSPS) is 10.9. The van der Waals surface area contributed by atoms with Crippen LogP contribution in [0, 0.1) is 6.92 Å². The van der Waals surface area contributed by atoms with Crippen LogP contribution in [0.1, 0.15) is 5.56 Å². The molecule has 0 aliphatic rings. The molecule has 0 saturated heterocycles. The summed E-state index contributed by atoms with van der Waals surface area (Å²) in [6, 6.07) is 10.6. The number of nitrogens with zero attached hydrogens (tertiary/aromatic N) is 2. The second-order valence-electron chi connectivity index (χ2n) is 4.77. The molecular formula is C15H13N3O2. The molecule has 0 aliphatic carbocycles. The topological polar surface area (TPSA) is 67.8 Å². The number of aromatic nitrogens is 3. The summed E-state index contributed by atoms with van der Waals surface area (Å²) in [4.78, 5) is 22.8. The number of pyridine rings is 1. The van der Waals surface area contributed by atoms with E-state index in [-0.39, 0.29) is 11.1 Å². The van der Waals surface area contributed by atoms with E-state index < -0.39 is 0 Å². The van der Waals surface area contributed by atoms with Crippen LogP contribution in [0.5, 0.6) is 0 Å². The fraction of sp³-hybridized carbons (Fsp3) is 0.133. The maximum Gasteiger partial charge on any atom is 0.264 e. The van der Waals surface area contributed by atoms with E-state index in [2.05, 4.69) is 10.2 Å². The van der Waals surface area contributed by atoms with E-state index in [1.807, 2.05) is 25.1 Å². The molecule has 0 aliphatic heterocycles. The van der Waals surface area contributed by atoms with Crippen molar-refractivity contribution in [2.45, 2.75) is 6.92 Å². The largest absolute Gasteiger partial charge is 0.311 e. The molecule has 2 heterocycles. The van der Waals surface area contributed by atoms with Crippen molar-refractivity contribution in [3.8, 4) is 11.3 Å². The van der Waals surface area contributed by atoms with E-state index in [1.54, 1.807) is 23.7 Å². The molecule has 0 bridgehead atoms. The van der Waals surface area contributed by atoms with Gasteiger partial charge in [-0.05, 0) is 36.1 Å². The van der Waals surface area contributed by atoms with E-state index >= 15 is 0 Å². The van der Waals surface area contributed by atoms with E-state index in [9.17, 15) is 9.59 Å². The number of aryl methyl sites for hydroxylation is 2. The molecule has 0 atom stereocenters. The minimum Gasteiger partial charge on any atom is -0.311 e. The summed E-state index contributed by atoms with van der Waals surface area (Å²) in [5, 5.41) is 7.49. The van der Waals surface area contributed by atoms with Gasteiger partial charge in [-0.1, -0.05) is 6.07 Å². The first-order valence-electron chi connectivity index (χ1n) is 6.23. The van der Waals surface area contributed by atoms with Crippen LogP contribution in [-0.4, -0.2) is 14.8 Å². The first-order chi connectivity index (χ1) is 9.56. The lowest BCUT2D eigenvalue weighted by atomic mass is 10.0. The van der Waals surface area contributed by atoms with Crippen molar-refractivity contribution < 1.29 is 0 Å². The predicted octanol–water partition coefficient (Wildman–Crippen LogP) is 1.60. The monoisotopic (exact) mass is 267 g/mol. The molecule has 2 aromatic heterocycles. The molecular weight excluding hydrogens is 254 g/mol. The summed E-state index contributed by atoms with van der Waals surface area (Å²) in [6.45, 7) is 1.85. The van der Waals surface area contributed by atoms with Crippen molar-refractivity contribution in [1.82, 2.24) is 14.8 Å². The Labute approximate surface area is 114 Å². The fourth-order valence-corrected chi connectivity index (χ4v) is 2.32. The molecule has 20 heavy (non-hydrogen) atoms. The Bertz CT molecular complexity index is 922. The highest BCUT2D eigenvalue weighted by molar-refractivity contribution is 5.84. The third-order valence-electron chi connectivity index (χ3n) is 3.40. The summed E-state index contributed by atoms with van der Waals surface area (Å²) in [5.41, 5.74) is 3.07. The first kappa shape index (κ1) is 12.3. The number of benzene rings is 1. The molecule has 5 nitrogen and oxygen atoms in total. The van der Waals surface area contributed by atoms with Crippen molar-refractivity contribution in [2.24, 2.45) is 7.05 Å². The van der Waals surface area contributed by atoms with Crippen molar-refractivity contribution in [3.63, 3.8) is 0 Å². The Balaban J connectivity index is 2.26. The standard InChI is InChI=1S/C15H13N3O2/c1-9-7-13(19)16-17-15(9)11-3-5-12-10(8-11)4-6-14(20)18(12)2/h3-8H,1-2H3,(H,16,19). The lowest BCUT2D eigenvalue weighted by molar-refractivity contribution is 0.906. The highest BCUT2D eigenvalue weighted by atomic mass is 16.1. The lowest BCUT2D eigenvalue weighted by Gasteiger charge is -2.08. The van der Waals surface area contributed by atoms with Gasteiger partial charge in [-0.2, -0.15) is 5.10 Å². The second kappa shape index (κ2) is 4.45. The number of H-pyrrole nitrogens is 1. The Morgan fingerprint density at radius 2 is 1.90 bits per heavy atom. The molecule has 0 amide bonds. The number of rotatable bonds is 1. The first-order valence-corrected chi connectivity index (χ1v) is 6.23. The second-order valence-corrected chi connectivity index (χ2v) is 4.77. The number of aromatic amines is 1. The van der Waals surface area contributed by atoms with Crippen molar-refractivity contribution in [3.05, 3.63) is 62.7 Å². The molecule has 3 rings (SSSR count). The van der Waals surface area contributed by atoms with Gasteiger partial charge >= 0.3 is 0 Å². The van der Waals surface area contributed by atoms with Crippen LogP contribution in [0.25, 0.3) is 22.2 Å². The third kappa shape index (κ3) is 1.93. The zero-order valence-electron chi connectivity index (χ0n) is 11.2. The predicted molar refractivity (Wildman–Crippen MR) is 77.8 cm³/mol. The quantitative estimate of drug-likeness (QED) is 0.728. The summed E-state index contributed by atoms with van der Waals surface area (Å²) < 4.78 is 1.60. The van der Waals surface area contributed by atoms with Crippen LogP contribution in [0.15, 0.2) is 46.0 Å². The van der Waals surface area contributed by atoms with Crippen LogP contribution in [-0.2, 0) is 7.05 Å². The van der Waals surface area contributed by atoms with Crippen LogP contribution in [0.2, 0.25) is 0 Å². The molecule has 0 spiro atoms.